The van der Waals surface area contributed by atoms with Gasteiger partial charge in [-0.15, -0.1) is 0 Å². The smallest absolute Gasteiger partial charge is 0.203 e. The third-order valence-electron chi connectivity index (χ3n) is 2.69. The average Bonchev–Trinajstić information content (AvgIpc) is 2.99. The van der Waals surface area contributed by atoms with Crippen molar-refractivity contribution in [1.82, 2.24) is 10.3 Å². The Balaban J connectivity index is 2.09. The monoisotopic (exact) mass is 302 g/mol. The Morgan fingerprint density at radius 1 is 1.36 bits per heavy atom. The van der Waals surface area contributed by atoms with E-state index in [1.807, 2.05) is 31.2 Å². The maximum atomic E-state index is 9.17. The summed E-state index contributed by atoms with van der Waals surface area (Å²) in [6.07, 6.45) is 0. The molecule has 0 amide bonds. The number of rotatable bonds is 6. The second kappa shape index (κ2) is 7.50. The zero-order chi connectivity index (χ0) is 15.8. The van der Waals surface area contributed by atoms with E-state index < -0.39 is 0 Å². The van der Waals surface area contributed by atoms with Crippen molar-refractivity contribution in [3.63, 3.8) is 0 Å². The van der Waals surface area contributed by atoms with Gasteiger partial charge < -0.3 is 15.8 Å². The number of nitrogens with zero attached hydrogens (tertiary/aromatic N) is 6. The van der Waals surface area contributed by atoms with Crippen molar-refractivity contribution in [2.75, 3.05) is 23.7 Å². The molecule has 0 bridgehead atoms. The second-order valence-corrected chi connectivity index (χ2v) is 4.28. The molecule has 0 unspecified atom stereocenters. The number of oxime groups is 1. The summed E-state index contributed by atoms with van der Waals surface area (Å²) >= 11 is 0. The van der Waals surface area contributed by atoms with Gasteiger partial charge in [0.15, 0.2) is 5.69 Å². The van der Waals surface area contributed by atoms with Crippen molar-refractivity contribution in [3.05, 3.63) is 46.0 Å². The molecule has 2 aromatic rings. The van der Waals surface area contributed by atoms with Crippen LogP contribution in [-0.4, -0.2) is 34.4 Å². The molecule has 0 saturated heterocycles. The molecule has 0 aliphatic heterocycles. The van der Waals surface area contributed by atoms with E-state index in [1.165, 1.54) is 0 Å². The van der Waals surface area contributed by atoms with Crippen LogP contribution < -0.4 is 10.6 Å². The van der Waals surface area contributed by atoms with Gasteiger partial charge in [0, 0.05) is 23.7 Å². The molecular formula is C12H14N8O2. The first kappa shape index (κ1) is 15.1. The van der Waals surface area contributed by atoms with Crippen molar-refractivity contribution in [2.24, 2.45) is 10.3 Å². The summed E-state index contributed by atoms with van der Waals surface area (Å²) in [6.45, 7) is 2.55. The minimum absolute atomic E-state index is 0.0800. The first-order chi connectivity index (χ1) is 10.7. The van der Waals surface area contributed by atoms with Crippen LogP contribution in [0.15, 0.2) is 39.2 Å². The number of hydrogen-bond acceptors (Lipinski definition) is 7. The molecule has 0 aliphatic rings. The summed E-state index contributed by atoms with van der Waals surface area (Å²) in [5.41, 5.74) is 10.3. The van der Waals surface area contributed by atoms with Crippen molar-refractivity contribution in [3.8, 4) is 0 Å². The highest BCUT2D eigenvalue weighted by molar-refractivity contribution is 6.09. The fourth-order valence-corrected chi connectivity index (χ4v) is 1.63. The Morgan fingerprint density at radius 2 is 2.14 bits per heavy atom. The number of nitrogens with one attached hydrogen (secondary N) is 2. The summed E-state index contributed by atoms with van der Waals surface area (Å²) < 4.78 is 4.64. The van der Waals surface area contributed by atoms with Gasteiger partial charge in [-0.3, -0.25) is 0 Å². The number of azide groups is 1. The van der Waals surface area contributed by atoms with E-state index in [1.54, 1.807) is 0 Å². The van der Waals surface area contributed by atoms with Crippen LogP contribution in [0.2, 0.25) is 0 Å². The maximum Gasteiger partial charge on any atom is 0.203 e. The number of amidine groups is 1. The van der Waals surface area contributed by atoms with Gasteiger partial charge in [0.1, 0.15) is 0 Å². The van der Waals surface area contributed by atoms with Gasteiger partial charge in [-0.2, -0.15) is 0 Å². The highest BCUT2D eigenvalue weighted by Gasteiger charge is 2.17. The summed E-state index contributed by atoms with van der Waals surface area (Å²) in [4.78, 5) is 2.64. The maximum absolute atomic E-state index is 9.17. The molecule has 10 nitrogen and oxygen atoms in total. The Kier molecular flexibility index (Phi) is 5.16. The zero-order valence-electron chi connectivity index (χ0n) is 11.8. The Morgan fingerprint density at radius 3 is 2.82 bits per heavy atom. The van der Waals surface area contributed by atoms with Crippen LogP contribution in [0.25, 0.3) is 10.4 Å². The van der Waals surface area contributed by atoms with Gasteiger partial charge in [0.05, 0.1) is 0 Å². The Hall–Kier alpha value is -3.26. The molecule has 0 aliphatic carbocycles. The van der Waals surface area contributed by atoms with Crippen molar-refractivity contribution in [1.29, 1.82) is 0 Å². The van der Waals surface area contributed by atoms with E-state index >= 15 is 0 Å². The Labute approximate surface area is 125 Å². The van der Waals surface area contributed by atoms with Crippen LogP contribution in [-0.2, 0) is 0 Å². The van der Waals surface area contributed by atoms with Gasteiger partial charge >= 0.3 is 0 Å². The number of anilines is 2. The molecule has 1 aromatic heterocycles. The second-order valence-electron chi connectivity index (χ2n) is 4.28. The summed E-state index contributed by atoms with van der Waals surface area (Å²) in [7, 11) is 0. The fourth-order valence-electron chi connectivity index (χ4n) is 1.63. The van der Waals surface area contributed by atoms with Crippen LogP contribution in [0, 0.1) is 6.92 Å². The van der Waals surface area contributed by atoms with E-state index in [0.29, 0.717) is 6.54 Å². The van der Waals surface area contributed by atoms with Gasteiger partial charge in [0.25, 0.3) is 0 Å². The van der Waals surface area contributed by atoms with E-state index in [2.05, 4.69) is 40.8 Å². The van der Waals surface area contributed by atoms with Gasteiger partial charge in [-0.25, -0.2) is 4.63 Å². The van der Waals surface area contributed by atoms with Crippen LogP contribution in [0.5, 0.6) is 0 Å². The lowest BCUT2D eigenvalue weighted by atomic mass is 10.2. The molecule has 114 valence electrons. The quantitative estimate of drug-likeness (QED) is 0.109. The molecule has 10 heteroatoms. The number of benzene rings is 1. The third kappa shape index (κ3) is 3.87. The van der Waals surface area contributed by atoms with Crippen LogP contribution in [0.3, 0.4) is 0 Å². The molecule has 22 heavy (non-hydrogen) atoms. The number of aryl methyl sites for hydroxylation is 1. The molecular weight excluding hydrogens is 288 g/mol. The summed E-state index contributed by atoms with van der Waals surface area (Å²) in [5.74, 6) is 0.358. The Bertz CT molecular complexity index is 687. The van der Waals surface area contributed by atoms with Crippen LogP contribution in [0.4, 0.5) is 11.5 Å². The van der Waals surface area contributed by atoms with Gasteiger partial charge in [-0.05, 0) is 34.9 Å². The molecule has 0 radical (unpaired) electrons. The first-order valence-corrected chi connectivity index (χ1v) is 6.38. The lowest BCUT2D eigenvalue weighted by Gasteiger charge is -2.07. The number of aromatic nitrogens is 2. The van der Waals surface area contributed by atoms with E-state index in [9.17, 15) is 0 Å². The largest absolute Gasteiger partial charge is 0.409 e. The predicted molar refractivity (Wildman–Crippen MR) is 79.9 cm³/mol. The van der Waals surface area contributed by atoms with Crippen molar-refractivity contribution >= 4 is 17.3 Å². The molecule has 0 fully saturated rings. The van der Waals surface area contributed by atoms with E-state index in [-0.39, 0.29) is 23.9 Å². The van der Waals surface area contributed by atoms with Crippen molar-refractivity contribution < 1.29 is 9.84 Å². The average molecular weight is 302 g/mol. The molecule has 3 N–H and O–H groups in total. The molecule has 1 aromatic carbocycles. The first-order valence-electron chi connectivity index (χ1n) is 6.38. The van der Waals surface area contributed by atoms with Crippen LogP contribution in [0.1, 0.15) is 11.3 Å². The van der Waals surface area contributed by atoms with E-state index in [4.69, 9.17) is 10.7 Å². The SMILES string of the molecule is Cc1ccc(NC(=NO)c2nonc2NCCN=[N+]=[N-])cc1. The molecule has 0 atom stereocenters. The summed E-state index contributed by atoms with van der Waals surface area (Å²) in [5, 5.41) is 28.9. The molecule has 1 heterocycles. The standard InChI is InChI=1S/C12H14N8O2/c1-8-2-4-9(5-3-8)16-12(17-21)10-11(19-22-18-10)14-6-7-15-20-13/h2-5,21H,6-7H2,1H3,(H,14,19)(H,16,17). The highest BCUT2D eigenvalue weighted by atomic mass is 16.6. The summed E-state index contributed by atoms with van der Waals surface area (Å²) in [6, 6.07) is 7.50. The van der Waals surface area contributed by atoms with Crippen molar-refractivity contribution in [2.45, 2.75) is 6.92 Å². The molecule has 0 saturated carbocycles. The predicted octanol–water partition coefficient (Wildman–Crippen LogP) is 2.35. The van der Waals surface area contributed by atoms with Gasteiger partial charge in [0.2, 0.25) is 11.7 Å². The van der Waals surface area contributed by atoms with E-state index in [0.717, 1.165) is 11.3 Å². The lowest BCUT2D eigenvalue weighted by molar-refractivity contribution is 0.305. The van der Waals surface area contributed by atoms with Gasteiger partial charge in [-0.1, -0.05) is 28.0 Å². The molecule has 0 spiro atoms. The zero-order valence-corrected chi connectivity index (χ0v) is 11.8. The lowest BCUT2D eigenvalue weighted by Crippen LogP contribution is -2.17. The minimum atomic E-state index is 0.0800. The highest BCUT2D eigenvalue weighted by Crippen LogP contribution is 2.14. The topological polar surface area (TPSA) is 144 Å². The number of hydrogen-bond donors (Lipinski definition) is 3. The van der Waals surface area contributed by atoms with Crippen LogP contribution >= 0.6 is 0 Å². The normalized spacial score (nSPS) is 10.9. The fraction of sp³-hybridized carbons (Fsp3) is 0.250. The molecule has 2 rings (SSSR count). The third-order valence-corrected chi connectivity index (χ3v) is 2.69. The minimum Gasteiger partial charge on any atom is -0.409 e.